The Hall–Kier alpha value is -0.740. The molecule has 4 heteroatoms. The third-order valence-corrected chi connectivity index (χ3v) is 4.38. The molecule has 2 atom stereocenters. The highest BCUT2D eigenvalue weighted by atomic mass is 32.2. The first-order chi connectivity index (χ1) is 7.27. The summed E-state index contributed by atoms with van der Waals surface area (Å²) in [6, 6.07) is 2.05. The number of aromatic nitrogens is 1. The highest BCUT2D eigenvalue weighted by Gasteiger charge is 2.23. The highest BCUT2D eigenvalue weighted by molar-refractivity contribution is 8.00. The van der Waals surface area contributed by atoms with Crippen molar-refractivity contribution in [3.05, 3.63) is 24.0 Å². The van der Waals surface area contributed by atoms with Crippen LogP contribution in [0.25, 0.3) is 0 Å². The van der Waals surface area contributed by atoms with Gasteiger partial charge in [-0.25, -0.2) is 0 Å². The van der Waals surface area contributed by atoms with Crippen molar-refractivity contribution >= 4 is 17.4 Å². The second-order valence-corrected chi connectivity index (χ2v) is 5.34. The molecule has 2 rings (SSSR count). The fourth-order valence-corrected chi connectivity index (χ4v) is 3.25. The molecule has 2 heterocycles. The molecule has 0 aromatic carbocycles. The lowest BCUT2D eigenvalue weighted by Gasteiger charge is -2.18. The average Bonchev–Trinajstić information content (AvgIpc) is 2.74. The van der Waals surface area contributed by atoms with Crippen LogP contribution in [0.2, 0.25) is 0 Å². The molecular formula is C11H17N3S. The summed E-state index contributed by atoms with van der Waals surface area (Å²) in [4.78, 5) is 4.08. The number of anilines is 1. The van der Waals surface area contributed by atoms with E-state index in [0.717, 1.165) is 17.7 Å². The SMILES string of the molecule is Nc1ccncc1CC(N)C1CCCS1. The van der Waals surface area contributed by atoms with Crippen LogP contribution < -0.4 is 11.5 Å². The van der Waals surface area contributed by atoms with Gasteiger partial charge in [0.1, 0.15) is 0 Å². The van der Waals surface area contributed by atoms with Crippen molar-refractivity contribution in [2.45, 2.75) is 30.6 Å². The highest BCUT2D eigenvalue weighted by Crippen LogP contribution is 2.29. The first-order valence-corrected chi connectivity index (χ1v) is 6.38. The van der Waals surface area contributed by atoms with Crippen molar-refractivity contribution in [3.63, 3.8) is 0 Å². The summed E-state index contributed by atoms with van der Waals surface area (Å²) in [5.41, 5.74) is 13.9. The topological polar surface area (TPSA) is 64.9 Å². The van der Waals surface area contributed by atoms with Crippen LogP contribution in [0.1, 0.15) is 18.4 Å². The summed E-state index contributed by atoms with van der Waals surface area (Å²) in [5, 5.41) is 0.601. The summed E-state index contributed by atoms with van der Waals surface area (Å²) in [6.45, 7) is 0. The maximum Gasteiger partial charge on any atom is 0.0378 e. The van der Waals surface area contributed by atoms with Crippen LogP contribution in [0.5, 0.6) is 0 Å². The standard InChI is InChI=1S/C11H17N3S/c12-9-3-4-14-7-8(9)6-10(13)11-2-1-5-15-11/h3-4,7,10-11H,1-2,5-6,13H2,(H2,12,14). The Bertz CT molecular complexity index is 323. The number of hydrogen-bond acceptors (Lipinski definition) is 4. The lowest BCUT2D eigenvalue weighted by atomic mass is 10.0. The van der Waals surface area contributed by atoms with E-state index in [0.29, 0.717) is 5.25 Å². The zero-order chi connectivity index (χ0) is 10.7. The molecule has 1 aromatic heterocycles. The van der Waals surface area contributed by atoms with Crippen LogP contribution in [0.15, 0.2) is 18.5 Å². The first kappa shape index (κ1) is 10.8. The van der Waals surface area contributed by atoms with E-state index in [2.05, 4.69) is 4.98 Å². The van der Waals surface area contributed by atoms with E-state index in [9.17, 15) is 0 Å². The van der Waals surface area contributed by atoms with Gasteiger partial charge in [0.2, 0.25) is 0 Å². The van der Waals surface area contributed by atoms with E-state index in [1.54, 1.807) is 6.20 Å². The molecule has 0 bridgehead atoms. The van der Waals surface area contributed by atoms with E-state index in [1.807, 2.05) is 24.0 Å². The molecule has 1 saturated heterocycles. The molecule has 0 radical (unpaired) electrons. The van der Waals surface area contributed by atoms with E-state index >= 15 is 0 Å². The fraction of sp³-hybridized carbons (Fsp3) is 0.545. The predicted octanol–water partition coefficient (Wildman–Crippen LogP) is 1.43. The van der Waals surface area contributed by atoms with Gasteiger partial charge in [0.15, 0.2) is 0 Å². The van der Waals surface area contributed by atoms with Gasteiger partial charge in [-0.1, -0.05) is 0 Å². The predicted molar refractivity (Wildman–Crippen MR) is 65.8 cm³/mol. The largest absolute Gasteiger partial charge is 0.398 e. The minimum Gasteiger partial charge on any atom is -0.398 e. The molecule has 4 N–H and O–H groups in total. The lowest BCUT2D eigenvalue weighted by molar-refractivity contribution is 0.609. The molecule has 0 saturated carbocycles. The third kappa shape index (κ3) is 2.63. The summed E-state index contributed by atoms with van der Waals surface area (Å²) in [7, 11) is 0. The van der Waals surface area contributed by atoms with Crippen molar-refractivity contribution in [1.82, 2.24) is 4.98 Å². The summed E-state index contributed by atoms with van der Waals surface area (Å²) in [5.74, 6) is 1.25. The molecule has 0 amide bonds. The second-order valence-electron chi connectivity index (χ2n) is 3.99. The zero-order valence-corrected chi connectivity index (χ0v) is 9.54. The van der Waals surface area contributed by atoms with Gasteiger partial charge in [-0.05, 0) is 36.6 Å². The Balaban J connectivity index is 1.99. The quantitative estimate of drug-likeness (QED) is 0.813. The molecule has 1 aliphatic heterocycles. The summed E-state index contributed by atoms with van der Waals surface area (Å²) < 4.78 is 0. The molecular weight excluding hydrogens is 206 g/mol. The van der Waals surface area contributed by atoms with Crippen molar-refractivity contribution in [3.8, 4) is 0 Å². The zero-order valence-electron chi connectivity index (χ0n) is 8.73. The van der Waals surface area contributed by atoms with Crippen molar-refractivity contribution in [1.29, 1.82) is 0 Å². The summed E-state index contributed by atoms with van der Waals surface area (Å²) >= 11 is 1.99. The van der Waals surface area contributed by atoms with Crippen LogP contribution in [0.4, 0.5) is 5.69 Å². The van der Waals surface area contributed by atoms with Gasteiger partial charge >= 0.3 is 0 Å². The minimum absolute atomic E-state index is 0.212. The molecule has 1 aliphatic rings. The number of pyridine rings is 1. The van der Waals surface area contributed by atoms with Gasteiger partial charge in [-0.3, -0.25) is 4.98 Å². The minimum atomic E-state index is 0.212. The Morgan fingerprint density at radius 3 is 3.13 bits per heavy atom. The normalized spacial score (nSPS) is 22.9. The number of thioether (sulfide) groups is 1. The average molecular weight is 223 g/mol. The molecule has 15 heavy (non-hydrogen) atoms. The Morgan fingerprint density at radius 1 is 1.60 bits per heavy atom. The van der Waals surface area contributed by atoms with E-state index < -0.39 is 0 Å². The van der Waals surface area contributed by atoms with Gasteiger partial charge in [0.05, 0.1) is 0 Å². The van der Waals surface area contributed by atoms with E-state index in [-0.39, 0.29) is 6.04 Å². The number of nitrogen functional groups attached to an aromatic ring is 1. The molecule has 2 unspecified atom stereocenters. The first-order valence-electron chi connectivity index (χ1n) is 5.33. The van der Waals surface area contributed by atoms with Gasteiger partial charge in [0.25, 0.3) is 0 Å². The molecule has 1 fully saturated rings. The smallest absolute Gasteiger partial charge is 0.0378 e. The van der Waals surface area contributed by atoms with Gasteiger partial charge in [-0.15, -0.1) is 0 Å². The summed E-state index contributed by atoms with van der Waals surface area (Å²) in [6.07, 6.45) is 6.93. The van der Waals surface area contributed by atoms with Gasteiger partial charge in [0, 0.05) is 29.4 Å². The van der Waals surface area contributed by atoms with Crippen LogP contribution in [0.3, 0.4) is 0 Å². The number of hydrogen-bond donors (Lipinski definition) is 2. The van der Waals surface area contributed by atoms with E-state index in [1.165, 1.54) is 18.6 Å². The van der Waals surface area contributed by atoms with Crippen LogP contribution in [-0.4, -0.2) is 22.0 Å². The van der Waals surface area contributed by atoms with Gasteiger partial charge < -0.3 is 11.5 Å². The molecule has 3 nitrogen and oxygen atoms in total. The molecule has 0 spiro atoms. The molecule has 82 valence electrons. The molecule has 0 aliphatic carbocycles. The van der Waals surface area contributed by atoms with Gasteiger partial charge in [-0.2, -0.15) is 11.8 Å². The number of rotatable bonds is 3. The second kappa shape index (κ2) is 4.86. The van der Waals surface area contributed by atoms with Crippen molar-refractivity contribution in [2.24, 2.45) is 5.73 Å². The number of nitrogens with zero attached hydrogens (tertiary/aromatic N) is 1. The monoisotopic (exact) mass is 223 g/mol. The van der Waals surface area contributed by atoms with Crippen molar-refractivity contribution < 1.29 is 0 Å². The maximum absolute atomic E-state index is 6.18. The third-order valence-electron chi connectivity index (χ3n) is 2.84. The van der Waals surface area contributed by atoms with Crippen LogP contribution in [0, 0.1) is 0 Å². The lowest BCUT2D eigenvalue weighted by Crippen LogP contribution is -2.33. The van der Waals surface area contributed by atoms with Crippen molar-refractivity contribution in [2.75, 3.05) is 11.5 Å². The van der Waals surface area contributed by atoms with Crippen LogP contribution >= 0.6 is 11.8 Å². The maximum atomic E-state index is 6.18. The molecule has 1 aromatic rings. The van der Waals surface area contributed by atoms with Crippen LogP contribution in [-0.2, 0) is 6.42 Å². The fourth-order valence-electron chi connectivity index (χ4n) is 1.93. The number of nitrogens with two attached hydrogens (primary N) is 2. The Kier molecular flexibility index (Phi) is 3.49. The Morgan fingerprint density at radius 2 is 2.47 bits per heavy atom. The van der Waals surface area contributed by atoms with E-state index in [4.69, 9.17) is 11.5 Å². The Labute approximate surface area is 94.6 Å².